The average Bonchev–Trinajstić information content (AvgIpc) is 3.03. The van der Waals surface area contributed by atoms with Crippen molar-refractivity contribution in [3.8, 4) is 0 Å². The van der Waals surface area contributed by atoms with Gasteiger partial charge in [0, 0.05) is 4.47 Å². The summed E-state index contributed by atoms with van der Waals surface area (Å²) in [5, 5.41) is 15.7. The molecular weight excluding hydrogens is 366 g/mol. The van der Waals surface area contributed by atoms with Crippen LogP contribution in [0.25, 0.3) is 0 Å². The lowest BCUT2D eigenvalue weighted by Crippen LogP contribution is -2.28. The number of nitrogens with one attached hydrogen (secondary N) is 1. The van der Waals surface area contributed by atoms with Crippen molar-refractivity contribution in [2.75, 3.05) is 5.32 Å². The summed E-state index contributed by atoms with van der Waals surface area (Å²) in [5.41, 5.74) is 5.06. The number of benzene rings is 2. The SMILES string of the molecule is Cc1ccc(C2CC(c3ccc(Br)cc3)Nc3nnnn32)c(C)c1. The third-order valence-electron chi connectivity index (χ3n) is 4.61. The van der Waals surface area contributed by atoms with Gasteiger partial charge in [0.1, 0.15) is 0 Å². The van der Waals surface area contributed by atoms with Crippen LogP contribution >= 0.6 is 15.9 Å². The van der Waals surface area contributed by atoms with Crippen LogP contribution in [0.3, 0.4) is 0 Å². The van der Waals surface area contributed by atoms with E-state index in [0.29, 0.717) is 0 Å². The van der Waals surface area contributed by atoms with Crippen molar-refractivity contribution in [1.82, 2.24) is 20.2 Å². The Bertz CT molecular complexity index is 871. The van der Waals surface area contributed by atoms with Gasteiger partial charge in [-0.3, -0.25) is 0 Å². The molecule has 1 aliphatic rings. The molecule has 0 bridgehead atoms. The average molecular weight is 384 g/mol. The first kappa shape index (κ1) is 15.3. The molecule has 1 aromatic heterocycles. The second-order valence-electron chi connectivity index (χ2n) is 6.31. The fraction of sp³-hybridized carbons (Fsp3) is 0.278. The molecule has 0 saturated carbocycles. The number of nitrogens with zero attached hydrogens (tertiary/aromatic N) is 4. The summed E-state index contributed by atoms with van der Waals surface area (Å²) in [6.45, 7) is 4.27. The van der Waals surface area contributed by atoms with Crippen molar-refractivity contribution < 1.29 is 0 Å². The molecule has 1 N–H and O–H groups in total. The van der Waals surface area contributed by atoms with E-state index in [9.17, 15) is 0 Å². The smallest absolute Gasteiger partial charge is 0.243 e. The van der Waals surface area contributed by atoms with Gasteiger partial charge >= 0.3 is 0 Å². The molecule has 5 nitrogen and oxygen atoms in total. The molecule has 4 rings (SSSR count). The van der Waals surface area contributed by atoms with Gasteiger partial charge in [-0.2, -0.15) is 0 Å². The van der Waals surface area contributed by atoms with Crippen LogP contribution in [0.15, 0.2) is 46.9 Å². The second-order valence-corrected chi connectivity index (χ2v) is 7.22. The van der Waals surface area contributed by atoms with E-state index in [-0.39, 0.29) is 12.1 Å². The molecule has 2 heterocycles. The summed E-state index contributed by atoms with van der Waals surface area (Å²) in [4.78, 5) is 0. The van der Waals surface area contributed by atoms with E-state index in [1.54, 1.807) is 0 Å². The highest BCUT2D eigenvalue weighted by atomic mass is 79.9. The van der Waals surface area contributed by atoms with Gasteiger partial charge in [0.25, 0.3) is 0 Å². The van der Waals surface area contributed by atoms with E-state index in [1.165, 1.54) is 22.3 Å². The number of rotatable bonds is 2. The minimum absolute atomic E-state index is 0.130. The molecule has 2 unspecified atom stereocenters. The van der Waals surface area contributed by atoms with Crippen LogP contribution in [-0.4, -0.2) is 20.2 Å². The summed E-state index contributed by atoms with van der Waals surface area (Å²) < 4.78 is 2.98. The van der Waals surface area contributed by atoms with E-state index in [0.717, 1.165) is 16.8 Å². The van der Waals surface area contributed by atoms with Crippen molar-refractivity contribution >= 4 is 21.9 Å². The molecule has 0 aliphatic carbocycles. The number of anilines is 1. The highest BCUT2D eigenvalue weighted by molar-refractivity contribution is 9.10. The Kier molecular flexibility index (Phi) is 3.84. The van der Waals surface area contributed by atoms with Crippen molar-refractivity contribution in [3.63, 3.8) is 0 Å². The first-order valence-corrected chi connectivity index (χ1v) is 8.78. The number of fused-ring (bicyclic) bond motifs is 1. The van der Waals surface area contributed by atoms with Crippen molar-refractivity contribution in [2.24, 2.45) is 0 Å². The Morgan fingerprint density at radius 2 is 1.92 bits per heavy atom. The molecule has 0 radical (unpaired) electrons. The Labute approximate surface area is 149 Å². The molecule has 122 valence electrons. The molecule has 1 aliphatic heterocycles. The topological polar surface area (TPSA) is 55.6 Å². The van der Waals surface area contributed by atoms with Gasteiger partial charge in [-0.15, -0.1) is 0 Å². The summed E-state index contributed by atoms with van der Waals surface area (Å²) in [6, 6.07) is 15.3. The largest absolute Gasteiger partial charge is 0.346 e. The predicted molar refractivity (Wildman–Crippen MR) is 97.0 cm³/mol. The van der Waals surface area contributed by atoms with Gasteiger partial charge in [0.05, 0.1) is 12.1 Å². The summed E-state index contributed by atoms with van der Waals surface area (Å²) in [7, 11) is 0. The Morgan fingerprint density at radius 3 is 2.67 bits per heavy atom. The van der Waals surface area contributed by atoms with Crippen molar-refractivity contribution in [2.45, 2.75) is 32.4 Å². The van der Waals surface area contributed by atoms with Crippen LogP contribution in [0, 0.1) is 13.8 Å². The fourth-order valence-electron chi connectivity index (χ4n) is 3.41. The van der Waals surface area contributed by atoms with E-state index in [1.807, 2.05) is 4.68 Å². The lowest BCUT2D eigenvalue weighted by molar-refractivity contribution is 0.422. The zero-order valence-electron chi connectivity index (χ0n) is 13.6. The van der Waals surface area contributed by atoms with Crippen LogP contribution in [0.4, 0.5) is 5.95 Å². The van der Waals surface area contributed by atoms with E-state index >= 15 is 0 Å². The summed E-state index contributed by atoms with van der Waals surface area (Å²) in [5.74, 6) is 0.721. The molecule has 2 aromatic carbocycles. The lowest BCUT2D eigenvalue weighted by Gasteiger charge is -2.31. The maximum Gasteiger partial charge on any atom is 0.243 e. The summed E-state index contributed by atoms with van der Waals surface area (Å²) in [6.07, 6.45) is 0.906. The number of hydrogen-bond donors (Lipinski definition) is 1. The maximum absolute atomic E-state index is 4.21. The second kappa shape index (κ2) is 6.02. The molecular formula is C18H18BrN5. The standard InChI is InChI=1S/C18H18BrN5/c1-11-3-8-15(12(2)9-11)17-10-16(13-4-6-14(19)7-5-13)20-18-21-22-23-24(17)18/h3-9,16-17H,10H2,1-2H3,(H,20,21,23). The molecule has 3 aromatic rings. The van der Waals surface area contributed by atoms with E-state index in [2.05, 4.69) is 93.1 Å². The van der Waals surface area contributed by atoms with Gasteiger partial charge in [-0.1, -0.05) is 56.9 Å². The lowest BCUT2D eigenvalue weighted by atomic mass is 9.90. The van der Waals surface area contributed by atoms with Crippen molar-refractivity contribution in [1.29, 1.82) is 0 Å². The molecule has 0 spiro atoms. The third-order valence-corrected chi connectivity index (χ3v) is 5.14. The molecule has 0 saturated heterocycles. The predicted octanol–water partition coefficient (Wildman–Crippen LogP) is 4.20. The van der Waals surface area contributed by atoms with Crippen LogP contribution in [0.1, 0.15) is 40.8 Å². The normalized spacial score (nSPS) is 19.6. The van der Waals surface area contributed by atoms with Gasteiger partial charge in [-0.25, -0.2) is 4.68 Å². The maximum atomic E-state index is 4.21. The van der Waals surface area contributed by atoms with Crippen LogP contribution < -0.4 is 5.32 Å². The zero-order chi connectivity index (χ0) is 16.7. The number of aryl methyl sites for hydroxylation is 2. The Morgan fingerprint density at radius 1 is 1.12 bits per heavy atom. The summed E-state index contributed by atoms with van der Waals surface area (Å²) >= 11 is 3.50. The fourth-order valence-corrected chi connectivity index (χ4v) is 3.67. The van der Waals surface area contributed by atoms with Crippen LogP contribution in [0.2, 0.25) is 0 Å². The number of hydrogen-bond acceptors (Lipinski definition) is 4. The minimum Gasteiger partial charge on any atom is -0.346 e. The molecule has 24 heavy (non-hydrogen) atoms. The highest BCUT2D eigenvalue weighted by Gasteiger charge is 2.31. The van der Waals surface area contributed by atoms with Crippen LogP contribution in [0.5, 0.6) is 0 Å². The Balaban J connectivity index is 1.75. The Hall–Kier alpha value is -2.21. The molecule has 0 amide bonds. The minimum atomic E-state index is 0.130. The quantitative estimate of drug-likeness (QED) is 0.720. The monoisotopic (exact) mass is 383 g/mol. The highest BCUT2D eigenvalue weighted by Crippen LogP contribution is 2.38. The first-order valence-electron chi connectivity index (χ1n) is 7.99. The van der Waals surface area contributed by atoms with E-state index in [4.69, 9.17) is 0 Å². The third kappa shape index (κ3) is 2.71. The van der Waals surface area contributed by atoms with Crippen LogP contribution in [-0.2, 0) is 0 Å². The van der Waals surface area contributed by atoms with E-state index < -0.39 is 0 Å². The zero-order valence-corrected chi connectivity index (χ0v) is 15.2. The van der Waals surface area contributed by atoms with Gasteiger partial charge in [0.2, 0.25) is 5.95 Å². The number of halogens is 1. The van der Waals surface area contributed by atoms with Gasteiger partial charge < -0.3 is 5.32 Å². The first-order chi connectivity index (χ1) is 11.6. The van der Waals surface area contributed by atoms with Crippen molar-refractivity contribution in [3.05, 3.63) is 69.2 Å². The van der Waals surface area contributed by atoms with Gasteiger partial charge in [-0.05, 0) is 59.5 Å². The van der Waals surface area contributed by atoms with Gasteiger partial charge in [0.15, 0.2) is 0 Å². The molecule has 2 atom stereocenters. The molecule has 0 fully saturated rings. The molecule has 6 heteroatoms. The number of tetrazole rings is 1. The number of aromatic nitrogens is 4.